The number of amides is 2. The number of alkyl halides is 1. The average molecular weight is 475 g/mol. The van der Waals surface area contributed by atoms with Gasteiger partial charge in [0, 0.05) is 52.6 Å². The zero-order valence-corrected chi connectivity index (χ0v) is 19.6. The van der Waals surface area contributed by atoms with Crippen molar-refractivity contribution in [2.45, 2.75) is 25.0 Å². The smallest absolute Gasteiger partial charge is 0.328 e. The summed E-state index contributed by atoms with van der Waals surface area (Å²) in [6.07, 6.45) is 2.28. The molecule has 176 valence electrons. The Hall–Kier alpha value is -2.97. The predicted molar refractivity (Wildman–Crippen MR) is 125 cm³/mol. The number of halogens is 1. The second-order valence-electron chi connectivity index (χ2n) is 7.28. The third-order valence-electron chi connectivity index (χ3n) is 5.20. The largest absolute Gasteiger partial charge is 0.383 e. The molecule has 0 aliphatic carbocycles. The number of nitrogens with one attached hydrogen (secondary N) is 2. The first-order valence-electron chi connectivity index (χ1n) is 10.4. The van der Waals surface area contributed by atoms with E-state index in [1.165, 1.54) is 20.4 Å². The molecule has 0 unspecified atom stereocenters. The molecule has 0 spiro atoms. The molecule has 10 nitrogen and oxygen atoms in total. The fourth-order valence-electron chi connectivity index (χ4n) is 3.61. The Bertz CT molecular complexity index is 1020. The van der Waals surface area contributed by atoms with E-state index < -0.39 is 6.29 Å². The molecule has 2 N–H and O–H groups in total. The molecule has 2 aromatic heterocycles. The minimum absolute atomic E-state index is 0.249. The van der Waals surface area contributed by atoms with Gasteiger partial charge < -0.3 is 19.5 Å². The van der Waals surface area contributed by atoms with Crippen molar-refractivity contribution in [3.05, 3.63) is 40.7 Å². The third kappa shape index (κ3) is 5.69. The van der Waals surface area contributed by atoms with Crippen LogP contribution in [-0.2, 0) is 26.5 Å². The molecule has 0 saturated heterocycles. The first-order valence-corrected chi connectivity index (χ1v) is 10.9. The van der Waals surface area contributed by atoms with Crippen LogP contribution in [0.5, 0.6) is 0 Å². The number of fused-ring (bicyclic) bond motifs is 1. The lowest BCUT2D eigenvalue weighted by molar-refractivity contribution is -0.109. The second kappa shape index (κ2) is 11.8. The third-order valence-corrected chi connectivity index (χ3v) is 5.48. The molecule has 1 aliphatic rings. The molecule has 0 radical (unpaired) electrons. The Balaban J connectivity index is 1.87. The number of anilines is 3. The summed E-state index contributed by atoms with van der Waals surface area (Å²) < 4.78 is 15.8. The fraction of sp³-hybridized carbons (Fsp3) is 0.455. The number of hydrogen-bond donors (Lipinski definition) is 2. The summed E-state index contributed by atoms with van der Waals surface area (Å²) in [5, 5.41) is 15.2. The minimum atomic E-state index is -0.697. The molecule has 3 rings (SSSR count). The van der Waals surface area contributed by atoms with Gasteiger partial charge in [-0.15, -0.1) is 11.6 Å². The first kappa shape index (κ1) is 24.7. The summed E-state index contributed by atoms with van der Waals surface area (Å²) in [5.74, 6) is 1.10. The summed E-state index contributed by atoms with van der Waals surface area (Å²) in [7, 11) is 4.64. The maximum atomic E-state index is 13.2. The maximum Gasteiger partial charge on any atom is 0.328 e. The molecule has 1 aliphatic heterocycles. The van der Waals surface area contributed by atoms with Crippen molar-refractivity contribution in [3.8, 4) is 6.07 Å². The topological polar surface area (TPSA) is 122 Å². The van der Waals surface area contributed by atoms with Crippen molar-refractivity contribution in [2.24, 2.45) is 0 Å². The number of aromatic nitrogens is 2. The highest BCUT2D eigenvalue weighted by molar-refractivity contribution is 6.17. The van der Waals surface area contributed by atoms with E-state index in [2.05, 4.69) is 21.7 Å². The highest BCUT2D eigenvalue weighted by Gasteiger charge is 2.28. The molecule has 0 fully saturated rings. The highest BCUT2D eigenvalue weighted by atomic mass is 35.5. The molecule has 11 heteroatoms. The lowest BCUT2D eigenvalue weighted by atomic mass is 10.0. The van der Waals surface area contributed by atoms with E-state index in [0.29, 0.717) is 48.3 Å². The summed E-state index contributed by atoms with van der Waals surface area (Å²) in [6.45, 7) is 1.48. The number of pyridine rings is 2. The number of nitrogens with zero attached hydrogens (tertiary/aromatic N) is 4. The normalized spacial score (nSPS) is 12.9. The van der Waals surface area contributed by atoms with Crippen molar-refractivity contribution < 1.29 is 19.0 Å². The van der Waals surface area contributed by atoms with Gasteiger partial charge in [-0.05, 0) is 30.0 Å². The number of urea groups is 1. The van der Waals surface area contributed by atoms with Crippen LogP contribution in [0.2, 0.25) is 0 Å². The Kier molecular flexibility index (Phi) is 8.79. The van der Waals surface area contributed by atoms with Gasteiger partial charge >= 0.3 is 6.03 Å². The van der Waals surface area contributed by atoms with Gasteiger partial charge in [-0.1, -0.05) is 0 Å². The van der Waals surface area contributed by atoms with Crippen molar-refractivity contribution >= 4 is 35.0 Å². The van der Waals surface area contributed by atoms with Crippen molar-refractivity contribution in [2.75, 3.05) is 56.6 Å². The van der Waals surface area contributed by atoms with Gasteiger partial charge in [-0.3, -0.25) is 10.2 Å². The van der Waals surface area contributed by atoms with Gasteiger partial charge in [0.05, 0.1) is 17.9 Å². The number of rotatable bonds is 9. The Labute approximate surface area is 197 Å². The van der Waals surface area contributed by atoms with Crippen molar-refractivity contribution in [1.82, 2.24) is 9.97 Å². The number of hydrogen-bond acceptors (Lipinski definition) is 8. The van der Waals surface area contributed by atoms with Crippen LogP contribution in [0.1, 0.15) is 35.1 Å². The minimum Gasteiger partial charge on any atom is -0.383 e. The van der Waals surface area contributed by atoms with Crippen LogP contribution in [0.25, 0.3) is 0 Å². The maximum absolute atomic E-state index is 13.2. The van der Waals surface area contributed by atoms with Crippen LogP contribution < -0.4 is 15.5 Å². The van der Waals surface area contributed by atoms with Crippen molar-refractivity contribution in [1.29, 1.82) is 5.26 Å². The van der Waals surface area contributed by atoms with Crippen molar-refractivity contribution in [3.63, 3.8) is 0 Å². The summed E-state index contributed by atoms with van der Waals surface area (Å²) in [6, 6.07) is 5.28. The number of ether oxygens (including phenoxy) is 3. The predicted octanol–water partition coefficient (Wildman–Crippen LogP) is 3.42. The average Bonchev–Trinajstić information content (AvgIpc) is 2.84. The standard InChI is InChI=1S/C22H27ClN6O4/c1-31-8-6-25-17-10-18(26-13-16(17)12-24)27-22(30)29-7-4-5-14-9-15(11-23)19(28-20(14)29)21(32-2)33-3/h9-10,13,21H,4-8,11H2,1-3H3,(H2,25,26,27,30). The van der Waals surface area contributed by atoms with E-state index in [-0.39, 0.29) is 11.9 Å². The molecular formula is C22H27ClN6O4. The van der Waals surface area contributed by atoms with Crippen LogP contribution in [0.15, 0.2) is 18.3 Å². The second-order valence-corrected chi connectivity index (χ2v) is 7.55. The number of carbonyl (C=O) groups excluding carboxylic acids is 1. The number of aryl methyl sites for hydroxylation is 1. The van der Waals surface area contributed by atoms with E-state index in [9.17, 15) is 10.1 Å². The Morgan fingerprint density at radius 3 is 2.79 bits per heavy atom. The number of carbonyl (C=O) groups is 1. The quantitative estimate of drug-likeness (QED) is 0.322. The number of methoxy groups -OCH3 is 3. The molecular weight excluding hydrogens is 448 g/mol. The summed E-state index contributed by atoms with van der Waals surface area (Å²) >= 11 is 6.13. The van der Waals surface area contributed by atoms with Crippen LogP contribution >= 0.6 is 11.6 Å². The van der Waals surface area contributed by atoms with E-state index in [0.717, 1.165) is 24.0 Å². The van der Waals surface area contributed by atoms with Crippen LogP contribution in [0.4, 0.5) is 22.1 Å². The molecule has 2 amide bonds. The molecule has 0 atom stereocenters. The SMILES string of the molecule is COCCNc1cc(NC(=O)N2CCCc3cc(CCl)c(C(OC)OC)nc32)ncc1C#N. The molecule has 2 aromatic rings. The molecule has 0 saturated carbocycles. The Morgan fingerprint density at radius 2 is 2.12 bits per heavy atom. The fourth-order valence-corrected chi connectivity index (χ4v) is 3.82. The zero-order valence-electron chi connectivity index (χ0n) is 18.9. The van der Waals surface area contributed by atoms with Gasteiger partial charge in [0.2, 0.25) is 6.29 Å². The monoisotopic (exact) mass is 474 g/mol. The van der Waals surface area contributed by atoms with Gasteiger partial charge in [-0.25, -0.2) is 14.8 Å². The summed E-state index contributed by atoms with van der Waals surface area (Å²) in [5.41, 5.74) is 3.20. The Morgan fingerprint density at radius 1 is 1.33 bits per heavy atom. The lowest BCUT2D eigenvalue weighted by Gasteiger charge is -2.30. The molecule has 0 aromatic carbocycles. The van der Waals surface area contributed by atoms with Crippen LogP contribution in [-0.4, -0.2) is 57.0 Å². The lowest BCUT2D eigenvalue weighted by Crippen LogP contribution is -2.40. The molecule has 0 bridgehead atoms. The van der Waals surface area contributed by atoms with E-state index >= 15 is 0 Å². The zero-order chi connectivity index (χ0) is 23.8. The van der Waals surface area contributed by atoms with Gasteiger partial charge in [0.15, 0.2) is 0 Å². The van der Waals surface area contributed by atoms with E-state index in [1.807, 2.05) is 6.07 Å². The first-order chi connectivity index (χ1) is 16.1. The molecule has 33 heavy (non-hydrogen) atoms. The van der Waals surface area contributed by atoms with Gasteiger partial charge in [0.1, 0.15) is 23.4 Å². The molecule has 3 heterocycles. The van der Waals surface area contributed by atoms with E-state index in [4.69, 9.17) is 30.8 Å². The highest BCUT2D eigenvalue weighted by Crippen LogP contribution is 2.32. The van der Waals surface area contributed by atoms with E-state index in [1.54, 1.807) is 18.1 Å². The van der Waals surface area contributed by atoms with Gasteiger partial charge in [-0.2, -0.15) is 5.26 Å². The van der Waals surface area contributed by atoms with Crippen LogP contribution in [0, 0.1) is 11.3 Å². The van der Waals surface area contributed by atoms with Crippen LogP contribution in [0.3, 0.4) is 0 Å². The van der Waals surface area contributed by atoms with Gasteiger partial charge in [0.25, 0.3) is 0 Å². The number of nitriles is 1. The summed E-state index contributed by atoms with van der Waals surface area (Å²) in [4.78, 5) is 23.6.